The monoisotopic (exact) mass is 539 g/mol. The minimum Gasteiger partial charge on any atom is -0.265 e. The number of nitrogens with zero attached hydrogens (tertiary/aromatic N) is 5. The van der Waals surface area contributed by atoms with E-state index >= 15 is 0 Å². The molecule has 0 aliphatic rings. The second-order valence-corrected chi connectivity index (χ2v) is 9.86. The summed E-state index contributed by atoms with van der Waals surface area (Å²) >= 11 is 0. The molecule has 0 amide bonds. The van der Waals surface area contributed by atoms with Crippen molar-refractivity contribution < 1.29 is 0 Å². The number of hydrogen-bond donors (Lipinski definition) is 0. The highest BCUT2D eigenvalue weighted by atomic mass is 15.0. The molecule has 0 radical (unpaired) electrons. The Hall–Kier alpha value is -5.81. The predicted molar refractivity (Wildman–Crippen MR) is 168 cm³/mol. The molecule has 4 aromatic carbocycles. The van der Waals surface area contributed by atoms with E-state index in [0.29, 0.717) is 17.5 Å². The summed E-state index contributed by atoms with van der Waals surface area (Å²) in [5, 5.41) is 0. The van der Waals surface area contributed by atoms with Crippen molar-refractivity contribution in [2.45, 2.75) is 0 Å². The van der Waals surface area contributed by atoms with Gasteiger partial charge in [-0.25, -0.2) is 15.0 Å². The molecule has 3 heterocycles. The molecule has 0 bridgehead atoms. The van der Waals surface area contributed by atoms with Crippen LogP contribution in [0.5, 0.6) is 0 Å². The molecule has 0 aliphatic carbocycles. The van der Waals surface area contributed by atoms with Crippen LogP contribution in [0, 0.1) is 0 Å². The second kappa shape index (κ2) is 11.4. The highest BCUT2D eigenvalue weighted by molar-refractivity contribution is 5.73. The lowest BCUT2D eigenvalue weighted by molar-refractivity contribution is 1.07. The average Bonchev–Trinajstić information content (AvgIpc) is 3.09. The fourth-order valence-electron chi connectivity index (χ4n) is 4.86. The first kappa shape index (κ1) is 25.2. The van der Waals surface area contributed by atoms with Gasteiger partial charge in [0.1, 0.15) is 0 Å². The lowest BCUT2D eigenvalue weighted by Crippen LogP contribution is -2.00. The topological polar surface area (TPSA) is 64.5 Å². The van der Waals surface area contributed by atoms with Gasteiger partial charge in [-0.2, -0.15) is 0 Å². The van der Waals surface area contributed by atoms with Crippen LogP contribution >= 0.6 is 0 Å². The summed E-state index contributed by atoms with van der Waals surface area (Å²) in [5.41, 5.74) is 9.28. The lowest BCUT2D eigenvalue weighted by Gasteiger charge is -2.09. The van der Waals surface area contributed by atoms with Gasteiger partial charge in [-0.15, -0.1) is 0 Å². The molecule has 0 atom stereocenters. The molecule has 0 unspecified atom stereocenters. The van der Waals surface area contributed by atoms with Gasteiger partial charge in [0, 0.05) is 46.4 Å². The van der Waals surface area contributed by atoms with E-state index < -0.39 is 0 Å². The van der Waals surface area contributed by atoms with Crippen LogP contribution in [0.1, 0.15) is 0 Å². The Bertz CT molecular complexity index is 1860. The summed E-state index contributed by atoms with van der Waals surface area (Å²) in [4.78, 5) is 23.2. The molecular formula is C37H25N5. The van der Waals surface area contributed by atoms with Gasteiger partial charge < -0.3 is 0 Å². The molecule has 0 fully saturated rings. The summed E-state index contributed by atoms with van der Waals surface area (Å²) in [6.07, 6.45) is 5.50. The molecule has 0 spiro atoms. The van der Waals surface area contributed by atoms with Gasteiger partial charge in [0.2, 0.25) is 0 Å². The summed E-state index contributed by atoms with van der Waals surface area (Å²) in [5.74, 6) is 1.95. The maximum Gasteiger partial charge on any atom is 0.164 e. The first-order chi connectivity index (χ1) is 20.8. The standard InChI is InChI=1S/C37H25N5/c1-3-7-30(8-4-1)35-40-36(31-9-5-2-6-10-31)42-37(41-35)32-17-13-27(14-18-32)26-11-15-29(16-12-26)34-20-19-33(25-39-34)28-21-23-38-24-22-28/h1-25H. The summed E-state index contributed by atoms with van der Waals surface area (Å²) in [7, 11) is 0. The molecule has 0 aliphatic heterocycles. The van der Waals surface area contributed by atoms with Gasteiger partial charge in [0.15, 0.2) is 17.5 Å². The van der Waals surface area contributed by atoms with Crippen LogP contribution in [0.4, 0.5) is 0 Å². The minimum atomic E-state index is 0.644. The summed E-state index contributed by atoms with van der Waals surface area (Å²) < 4.78 is 0. The van der Waals surface area contributed by atoms with Gasteiger partial charge in [0.05, 0.1) is 5.69 Å². The van der Waals surface area contributed by atoms with E-state index in [1.807, 2.05) is 79.0 Å². The third-order valence-electron chi connectivity index (χ3n) is 7.13. The largest absolute Gasteiger partial charge is 0.265 e. The van der Waals surface area contributed by atoms with Crippen LogP contribution in [0.3, 0.4) is 0 Å². The maximum absolute atomic E-state index is 4.84. The number of pyridine rings is 2. The van der Waals surface area contributed by atoms with E-state index in [-0.39, 0.29) is 0 Å². The number of benzene rings is 4. The normalized spacial score (nSPS) is 10.9. The SMILES string of the molecule is c1ccc(-c2nc(-c3ccccc3)nc(-c3ccc(-c4ccc(-c5ccc(-c6ccncc6)cn5)cc4)cc3)n2)cc1. The van der Waals surface area contributed by atoms with Gasteiger partial charge in [-0.05, 0) is 34.9 Å². The second-order valence-electron chi connectivity index (χ2n) is 9.86. The third kappa shape index (κ3) is 5.31. The molecule has 5 heteroatoms. The van der Waals surface area contributed by atoms with Crippen LogP contribution in [-0.4, -0.2) is 24.9 Å². The van der Waals surface area contributed by atoms with Crippen LogP contribution in [0.25, 0.3) is 67.7 Å². The Kier molecular flexibility index (Phi) is 6.81. The van der Waals surface area contributed by atoms with Gasteiger partial charge in [-0.1, -0.05) is 115 Å². The predicted octanol–water partition coefficient (Wildman–Crippen LogP) is 8.66. The highest BCUT2D eigenvalue weighted by Crippen LogP contribution is 2.29. The zero-order valence-corrected chi connectivity index (χ0v) is 22.7. The Morgan fingerprint density at radius 1 is 0.310 bits per heavy atom. The third-order valence-corrected chi connectivity index (χ3v) is 7.13. The van der Waals surface area contributed by atoms with Crippen LogP contribution in [0.15, 0.2) is 152 Å². The van der Waals surface area contributed by atoms with E-state index in [1.54, 1.807) is 12.4 Å². The minimum absolute atomic E-state index is 0.644. The lowest BCUT2D eigenvalue weighted by atomic mass is 10.0. The number of rotatable bonds is 6. The Balaban J connectivity index is 1.15. The fourth-order valence-corrected chi connectivity index (χ4v) is 4.86. The zero-order valence-electron chi connectivity index (χ0n) is 22.7. The Labute approximate surface area is 244 Å². The molecule has 0 N–H and O–H groups in total. The highest BCUT2D eigenvalue weighted by Gasteiger charge is 2.12. The maximum atomic E-state index is 4.84. The molecule has 3 aromatic heterocycles. The van der Waals surface area contributed by atoms with Crippen LogP contribution < -0.4 is 0 Å². The molecule has 7 aromatic rings. The Morgan fingerprint density at radius 3 is 1.19 bits per heavy atom. The molecule has 0 saturated heterocycles. The molecule has 5 nitrogen and oxygen atoms in total. The zero-order chi connectivity index (χ0) is 28.1. The van der Waals surface area contributed by atoms with Crippen molar-refractivity contribution in [3.05, 3.63) is 152 Å². The summed E-state index contributed by atoms with van der Waals surface area (Å²) in [6.45, 7) is 0. The summed E-state index contributed by atoms with van der Waals surface area (Å²) in [6, 6.07) is 45.0. The fraction of sp³-hybridized carbons (Fsp3) is 0. The van der Waals surface area contributed by atoms with Crippen molar-refractivity contribution in [3.63, 3.8) is 0 Å². The van der Waals surface area contributed by atoms with Crippen LogP contribution in [0.2, 0.25) is 0 Å². The van der Waals surface area contributed by atoms with Gasteiger partial charge >= 0.3 is 0 Å². The van der Waals surface area contributed by atoms with E-state index in [4.69, 9.17) is 19.9 Å². The number of hydrogen-bond acceptors (Lipinski definition) is 5. The van der Waals surface area contributed by atoms with Crippen molar-refractivity contribution in [1.82, 2.24) is 24.9 Å². The van der Waals surface area contributed by atoms with E-state index in [2.05, 4.69) is 65.6 Å². The van der Waals surface area contributed by atoms with E-state index in [1.165, 1.54) is 0 Å². The first-order valence-electron chi connectivity index (χ1n) is 13.7. The van der Waals surface area contributed by atoms with Crippen molar-refractivity contribution in [2.75, 3.05) is 0 Å². The van der Waals surface area contributed by atoms with Crippen molar-refractivity contribution >= 4 is 0 Å². The quantitative estimate of drug-likeness (QED) is 0.212. The van der Waals surface area contributed by atoms with Gasteiger partial charge in [-0.3, -0.25) is 9.97 Å². The van der Waals surface area contributed by atoms with Gasteiger partial charge in [0.25, 0.3) is 0 Å². The van der Waals surface area contributed by atoms with E-state index in [0.717, 1.165) is 50.2 Å². The van der Waals surface area contributed by atoms with Crippen LogP contribution in [-0.2, 0) is 0 Å². The molecule has 42 heavy (non-hydrogen) atoms. The van der Waals surface area contributed by atoms with Crippen molar-refractivity contribution in [2.24, 2.45) is 0 Å². The molecule has 0 saturated carbocycles. The van der Waals surface area contributed by atoms with Crippen molar-refractivity contribution in [3.8, 4) is 67.7 Å². The molecular weight excluding hydrogens is 514 g/mol. The number of aromatic nitrogens is 5. The Morgan fingerprint density at radius 2 is 0.714 bits per heavy atom. The van der Waals surface area contributed by atoms with Crippen molar-refractivity contribution in [1.29, 1.82) is 0 Å². The van der Waals surface area contributed by atoms with E-state index in [9.17, 15) is 0 Å². The smallest absolute Gasteiger partial charge is 0.164 e. The molecule has 198 valence electrons. The first-order valence-corrected chi connectivity index (χ1v) is 13.7. The molecule has 7 rings (SSSR count). The average molecular weight is 540 g/mol.